The quantitative estimate of drug-likeness (QED) is 0.795. The van der Waals surface area contributed by atoms with Crippen molar-refractivity contribution in [1.29, 1.82) is 0 Å². The Labute approximate surface area is 145 Å². The Hall–Kier alpha value is -0.700. The second-order valence-corrected chi connectivity index (χ2v) is 9.85. The van der Waals surface area contributed by atoms with Crippen LogP contribution in [0, 0.1) is 40.4 Å². The zero-order valence-corrected chi connectivity index (χ0v) is 15.4. The fourth-order valence-corrected chi connectivity index (χ4v) is 7.72. The van der Waals surface area contributed by atoms with Crippen molar-refractivity contribution in [3.05, 3.63) is 0 Å². The SMILES string of the molecule is CC(=O)[C@H]1CCC2C3CC[C@H]4C[C@H](O)CC[C@]4(C)C3C(=O)C[C@@]21C. The summed E-state index contributed by atoms with van der Waals surface area (Å²) >= 11 is 0. The van der Waals surface area contributed by atoms with Gasteiger partial charge in [-0.3, -0.25) is 9.59 Å². The molecule has 0 saturated heterocycles. The highest BCUT2D eigenvalue weighted by atomic mass is 16.3. The van der Waals surface area contributed by atoms with Crippen LogP contribution in [0.25, 0.3) is 0 Å². The summed E-state index contributed by atoms with van der Waals surface area (Å²) in [5, 5.41) is 10.1. The molecule has 1 N–H and O–H groups in total. The average Bonchev–Trinajstić information content (AvgIpc) is 2.84. The number of ketones is 2. The largest absolute Gasteiger partial charge is 0.393 e. The summed E-state index contributed by atoms with van der Waals surface area (Å²) in [5.41, 5.74) is -0.0175. The van der Waals surface area contributed by atoms with Crippen LogP contribution in [-0.2, 0) is 9.59 Å². The molecule has 0 aromatic rings. The predicted octanol–water partition coefficient (Wildman–Crippen LogP) is 3.77. The zero-order valence-electron chi connectivity index (χ0n) is 15.4. The number of aliphatic hydroxyl groups excluding tert-OH is 1. The van der Waals surface area contributed by atoms with E-state index in [2.05, 4.69) is 13.8 Å². The molecule has 4 rings (SSSR count). The Morgan fingerprint density at radius 1 is 1.08 bits per heavy atom. The number of fused-ring (bicyclic) bond motifs is 5. The number of hydrogen-bond donors (Lipinski definition) is 1. The van der Waals surface area contributed by atoms with E-state index in [1.807, 2.05) is 0 Å². The van der Waals surface area contributed by atoms with Gasteiger partial charge in [-0.2, -0.15) is 0 Å². The lowest BCUT2D eigenvalue weighted by Gasteiger charge is -2.59. The highest BCUT2D eigenvalue weighted by Gasteiger charge is 2.63. The number of carbonyl (C=O) groups is 2. The maximum atomic E-state index is 13.3. The van der Waals surface area contributed by atoms with Crippen LogP contribution in [0.4, 0.5) is 0 Å². The first-order valence-electron chi connectivity index (χ1n) is 9.98. The molecule has 3 nitrogen and oxygen atoms in total. The second-order valence-electron chi connectivity index (χ2n) is 9.85. The molecule has 0 radical (unpaired) electrons. The Morgan fingerprint density at radius 2 is 1.83 bits per heavy atom. The van der Waals surface area contributed by atoms with Gasteiger partial charge < -0.3 is 5.11 Å². The summed E-state index contributed by atoms with van der Waals surface area (Å²) in [6.07, 6.45) is 7.53. The molecule has 0 aromatic carbocycles. The van der Waals surface area contributed by atoms with Crippen molar-refractivity contribution in [2.75, 3.05) is 0 Å². The Balaban J connectivity index is 1.68. The highest BCUT2D eigenvalue weighted by Crippen LogP contribution is 2.66. The molecule has 4 saturated carbocycles. The summed E-state index contributed by atoms with van der Waals surface area (Å²) in [6.45, 7) is 6.28. The Bertz CT molecular complexity index is 569. The van der Waals surface area contributed by atoms with Gasteiger partial charge in [-0.15, -0.1) is 0 Å². The van der Waals surface area contributed by atoms with Gasteiger partial charge in [0.2, 0.25) is 0 Å². The summed E-state index contributed by atoms with van der Waals surface area (Å²) in [4.78, 5) is 25.5. The van der Waals surface area contributed by atoms with Gasteiger partial charge in [0.05, 0.1) is 6.10 Å². The van der Waals surface area contributed by atoms with E-state index >= 15 is 0 Å². The highest BCUT2D eigenvalue weighted by molar-refractivity contribution is 5.87. The molecule has 4 fully saturated rings. The van der Waals surface area contributed by atoms with E-state index in [4.69, 9.17) is 0 Å². The molecule has 4 aliphatic rings. The van der Waals surface area contributed by atoms with E-state index in [0.29, 0.717) is 30.0 Å². The van der Waals surface area contributed by atoms with Crippen molar-refractivity contribution in [3.8, 4) is 0 Å². The normalized spacial score (nSPS) is 53.9. The van der Waals surface area contributed by atoms with Crippen molar-refractivity contribution >= 4 is 11.6 Å². The van der Waals surface area contributed by atoms with E-state index in [-0.39, 0.29) is 34.6 Å². The first kappa shape index (κ1) is 16.8. The minimum atomic E-state index is -0.169. The topological polar surface area (TPSA) is 54.4 Å². The molecular weight excluding hydrogens is 300 g/mol. The number of rotatable bonds is 1. The second kappa shape index (κ2) is 5.40. The van der Waals surface area contributed by atoms with Gasteiger partial charge in [0.15, 0.2) is 0 Å². The monoisotopic (exact) mass is 332 g/mol. The maximum Gasteiger partial charge on any atom is 0.137 e. The zero-order chi connectivity index (χ0) is 17.3. The maximum absolute atomic E-state index is 13.3. The van der Waals surface area contributed by atoms with Crippen molar-refractivity contribution in [2.45, 2.75) is 78.2 Å². The summed E-state index contributed by atoms with van der Waals surface area (Å²) < 4.78 is 0. The van der Waals surface area contributed by atoms with Crippen molar-refractivity contribution in [1.82, 2.24) is 0 Å². The fourth-order valence-electron chi connectivity index (χ4n) is 7.72. The average molecular weight is 332 g/mol. The molecular formula is C21H32O3. The summed E-state index contributed by atoms with van der Waals surface area (Å²) in [6, 6.07) is 0. The minimum absolute atomic E-state index is 0.0782. The fraction of sp³-hybridized carbons (Fsp3) is 0.905. The van der Waals surface area contributed by atoms with Crippen LogP contribution in [0.15, 0.2) is 0 Å². The molecule has 4 aliphatic carbocycles. The van der Waals surface area contributed by atoms with Gasteiger partial charge in [-0.25, -0.2) is 0 Å². The molecule has 0 bridgehead atoms. The van der Waals surface area contributed by atoms with Crippen molar-refractivity contribution in [2.24, 2.45) is 40.4 Å². The van der Waals surface area contributed by atoms with E-state index < -0.39 is 0 Å². The molecule has 3 heteroatoms. The predicted molar refractivity (Wildman–Crippen MR) is 92.3 cm³/mol. The summed E-state index contributed by atoms with van der Waals surface area (Å²) in [5.74, 6) is 2.48. The van der Waals surface area contributed by atoms with Crippen LogP contribution in [0.3, 0.4) is 0 Å². The van der Waals surface area contributed by atoms with Crippen LogP contribution >= 0.6 is 0 Å². The molecule has 0 aliphatic heterocycles. The van der Waals surface area contributed by atoms with Gasteiger partial charge in [0, 0.05) is 18.3 Å². The van der Waals surface area contributed by atoms with E-state index in [1.165, 1.54) is 0 Å². The van der Waals surface area contributed by atoms with Crippen LogP contribution < -0.4 is 0 Å². The molecule has 134 valence electrons. The molecule has 0 spiro atoms. The lowest BCUT2D eigenvalue weighted by atomic mass is 9.44. The minimum Gasteiger partial charge on any atom is -0.393 e. The van der Waals surface area contributed by atoms with Gasteiger partial charge >= 0.3 is 0 Å². The summed E-state index contributed by atoms with van der Waals surface area (Å²) in [7, 11) is 0. The third-order valence-corrected chi connectivity index (χ3v) is 8.81. The third kappa shape index (κ3) is 2.12. The number of hydrogen-bond acceptors (Lipinski definition) is 3. The smallest absolute Gasteiger partial charge is 0.137 e. The molecule has 0 aromatic heterocycles. The van der Waals surface area contributed by atoms with E-state index in [0.717, 1.165) is 44.9 Å². The Kier molecular flexibility index (Phi) is 3.77. The van der Waals surface area contributed by atoms with Gasteiger partial charge in [-0.05, 0) is 80.5 Å². The van der Waals surface area contributed by atoms with Gasteiger partial charge in [0.25, 0.3) is 0 Å². The van der Waals surface area contributed by atoms with Crippen LogP contribution in [0.1, 0.15) is 72.1 Å². The molecule has 24 heavy (non-hydrogen) atoms. The lowest BCUT2D eigenvalue weighted by molar-refractivity contribution is -0.162. The number of Topliss-reactive ketones (excluding diaryl/α,β-unsaturated/α-hetero) is 2. The van der Waals surface area contributed by atoms with Crippen LogP contribution in [0.2, 0.25) is 0 Å². The van der Waals surface area contributed by atoms with E-state index in [9.17, 15) is 14.7 Å². The number of aliphatic hydroxyl groups is 1. The first-order valence-corrected chi connectivity index (χ1v) is 9.98. The molecule has 8 atom stereocenters. The standard InChI is InChI=1S/C21H32O3/c1-12(22)16-6-7-17-15-5-4-13-10-14(23)8-9-20(13,2)19(15)18(24)11-21(16,17)3/h13-17,19,23H,4-11H2,1-3H3/t13-,14+,15?,16+,17?,19?,20-,21+/m0/s1. The van der Waals surface area contributed by atoms with Crippen LogP contribution in [0.5, 0.6) is 0 Å². The number of carbonyl (C=O) groups excluding carboxylic acids is 2. The van der Waals surface area contributed by atoms with Gasteiger partial charge in [-0.1, -0.05) is 13.8 Å². The van der Waals surface area contributed by atoms with Crippen molar-refractivity contribution in [3.63, 3.8) is 0 Å². The van der Waals surface area contributed by atoms with Gasteiger partial charge in [0.1, 0.15) is 11.6 Å². The lowest BCUT2D eigenvalue weighted by Crippen LogP contribution is -2.58. The molecule has 0 heterocycles. The Morgan fingerprint density at radius 3 is 2.54 bits per heavy atom. The van der Waals surface area contributed by atoms with Crippen molar-refractivity contribution < 1.29 is 14.7 Å². The molecule has 3 unspecified atom stereocenters. The molecule has 0 amide bonds. The van der Waals surface area contributed by atoms with E-state index in [1.54, 1.807) is 6.92 Å². The first-order chi connectivity index (χ1) is 11.3. The third-order valence-electron chi connectivity index (χ3n) is 8.81. The van der Waals surface area contributed by atoms with Crippen LogP contribution in [-0.4, -0.2) is 22.8 Å².